The van der Waals surface area contributed by atoms with Gasteiger partial charge in [-0.2, -0.15) is 5.10 Å². The SMILES string of the molecule is Cc1ccc(C(=O)c2[nH]nc3c2[nH]c2ccccc23)cc1. The Morgan fingerprint density at radius 3 is 2.62 bits per heavy atom. The van der Waals surface area contributed by atoms with Crippen LogP contribution in [0.5, 0.6) is 0 Å². The molecule has 0 unspecified atom stereocenters. The molecule has 0 spiro atoms. The van der Waals surface area contributed by atoms with Crippen molar-refractivity contribution in [2.24, 2.45) is 0 Å². The number of aromatic nitrogens is 3. The third kappa shape index (κ3) is 1.76. The first kappa shape index (κ1) is 11.9. The van der Waals surface area contributed by atoms with Crippen LogP contribution in [0.4, 0.5) is 0 Å². The second-order valence-electron chi connectivity index (χ2n) is 5.19. The zero-order valence-electron chi connectivity index (χ0n) is 11.5. The molecule has 0 aliphatic heterocycles. The van der Waals surface area contributed by atoms with Crippen molar-refractivity contribution in [3.05, 3.63) is 65.4 Å². The summed E-state index contributed by atoms with van der Waals surface area (Å²) in [6.07, 6.45) is 0. The molecule has 21 heavy (non-hydrogen) atoms. The van der Waals surface area contributed by atoms with Crippen LogP contribution in [-0.2, 0) is 0 Å². The zero-order valence-corrected chi connectivity index (χ0v) is 11.5. The molecule has 4 rings (SSSR count). The highest BCUT2D eigenvalue weighted by Gasteiger charge is 2.18. The number of aromatic amines is 2. The highest BCUT2D eigenvalue weighted by molar-refractivity contribution is 6.18. The van der Waals surface area contributed by atoms with Gasteiger partial charge in [0.15, 0.2) is 0 Å². The van der Waals surface area contributed by atoms with Gasteiger partial charge in [-0.3, -0.25) is 9.89 Å². The quantitative estimate of drug-likeness (QED) is 0.549. The number of hydrogen-bond acceptors (Lipinski definition) is 2. The minimum atomic E-state index is -0.0518. The van der Waals surface area contributed by atoms with Crippen molar-refractivity contribution in [3.8, 4) is 0 Å². The van der Waals surface area contributed by atoms with Crippen molar-refractivity contribution >= 4 is 27.7 Å². The second-order valence-corrected chi connectivity index (χ2v) is 5.19. The second kappa shape index (κ2) is 4.31. The van der Waals surface area contributed by atoms with Crippen LogP contribution in [0.2, 0.25) is 0 Å². The number of para-hydroxylation sites is 1. The molecule has 2 aromatic carbocycles. The number of nitrogens with one attached hydrogen (secondary N) is 2. The molecule has 0 amide bonds. The Kier molecular flexibility index (Phi) is 2.44. The van der Waals surface area contributed by atoms with E-state index in [4.69, 9.17) is 0 Å². The molecule has 0 saturated heterocycles. The molecule has 4 aromatic rings. The monoisotopic (exact) mass is 275 g/mol. The van der Waals surface area contributed by atoms with Crippen molar-refractivity contribution in [2.45, 2.75) is 6.92 Å². The Morgan fingerprint density at radius 2 is 1.81 bits per heavy atom. The molecule has 0 saturated carbocycles. The predicted octanol–water partition coefficient (Wildman–Crippen LogP) is 3.58. The topological polar surface area (TPSA) is 61.5 Å². The fourth-order valence-corrected chi connectivity index (χ4v) is 2.61. The van der Waals surface area contributed by atoms with Crippen LogP contribution in [-0.4, -0.2) is 21.0 Å². The lowest BCUT2D eigenvalue weighted by atomic mass is 10.1. The van der Waals surface area contributed by atoms with E-state index in [1.165, 1.54) is 0 Å². The molecular weight excluding hydrogens is 262 g/mol. The molecule has 2 N–H and O–H groups in total. The summed E-state index contributed by atoms with van der Waals surface area (Å²) in [4.78, 5) is 15.9. The van der Waals surface area contributed by atoms with Gasteiger partial charge in [0.2, 0.25) is 5.78 Å². The summed E-state index contributed by atoms with van der Waals surface area (Å²) < 4.78 is 0. The largest absolute Gasteiger partial charge is 0.351 e. The molecule has 0 fully saturated rings. The van der Waals surface area contributed by atoms with E-state index < -0.39 is 0 Å². The summed E-state index contributed by atoms with van der Waals surface area (Å²) >= 11 is 0. The molecule has 0 bridgehead atoms. The lowest BCUT2D eigenvalue weighted by molar-refractivity contribution is 0.103. The van der Waals surface area contributed by atoms with Gasteiger partial charge in [0.25, 0.3) is 0 Å². The third-order valence-electron chi connectivity index (χ3n) is 3.75. The van der Waals surface area contributed by atoms with Crippen LogP contribution < -0.4 is 0 Å². The molecule has 0 aliphatic carbocycles. The molecule has 0 atom stereocenters. The van der Waals surface area contributed by atoms with Crippen molar-refractivity contribution in [1.82, 2.24) is 15.2 Å². The smallest absolute Gasteiger partial charge is 0.212 e. The van der Waals surface area contributed by atoms with Crippen LogP contribution in [0.15, 0.2) is 48.5 Å². The summed E-state index contributed by atoms with van der Waals surface area (Å²) in [6.45, 7) is 2.00. The number of ketones is 1. The number of rotatable bonds is 2. The first-order chi connectivity index (χ1) is 10.2. The Balaban J connectivity index is 1.90. The highest BCUT2D eigenvalue weighted by atomic mass is 16.1. The minimum absolute atomic E-state index is 0.0518. The van der Waals surface area contributed by atoms with E-state index in [9.17, 15) is 4.79 Å². The maximum Gasteiger partial charge on any atom is 0.212 e. The zero-order chi connectivity index (χ0) is 14.4. The van der Waals surface area contributed by atoms with Gasteiger partial charge in [0, 0.05) is 16.5 Å². The fourth-order valence-electron chi connectivity index (χ4n) is 2.61. The van der Waals surface area contributed by atoms with Gasteiger partial charge in [0.1, 0.15) is 11.2 Å². The average Bonchev–Trinajstić information content (AvgIpc) is 3.06. The standard InChI is InChI=1S/C17H13N3O/c1-10-6-8-11(9-7-10)17(21)16-15-14(19-20-16)12-4-2-3-5-13(12)18-15/h2-9,18H,1H3,(H,19,20). The molecular formula is C17H13N3O. The van der Waals surface area contributed by atoms with Gasteiger partial charge in [0.05, 0.1) is 5.52 Å². The van der Waals surface area contributed by atoms with Gasteiger partial charge in [-0.05, 0) is 13.0 Å². The van der Waals surface area contributed by atoms with Gasteiger partial charge < -0.3 is 4.98 Å². The molecule has 4 nitrogen and oxygen atoms in total. The number of aryl methyl sites for hydroxylation is 1. The number of nitrogens with zero attached hydrogens (tertiary/aromatic N) is 1. The lowest BCUT2D eigenvalue weighted by Gasteiger charge is -1.99. The molecule has 4 heteroatoms. The third-order valence-corrected chi connectivity index (χ3v) is 3.75. The highest BCUT2D eigenvalue weighted by Crippen LogP contribution is 2.26. The van der Waals surface area contributed by atoms with Crippen molar-refractivity contribution in [2.75, 3.05) is 0 Å². The number of carbonyl (C=O) groups is 1. The van der Waals surface area contributed by atoms with Crippen LogP contribution in [0.1, 0.15) is 21.6 Å². The summed E-state index contributed by atoms with van der Waals surface area (Å²) in [5, 5.41) is 8.18. The van der Waals surface area contributed by atoms with E-state index in [2.05, 4.69) is 15.2 Å². The van der Waals surface area contributed by atoms with E-state index in [0.717, 1.165) is 27.5 Å². The molecule has 0 aliphatic rings. The van der Waals surface area contributed by atoms with Crippen molar-refractivity contribution in [1.29, 1.82) is 0 Å². The number of H-pyrrole nitrogens is 2. The molecule has 2 aromatic heterocycles. The molecule has 0 radical (unpaired) electrons. The molecule has 2 heterocycles. The Morgan fingerprint density at radius 1 is 1.05 bits per heavy atom. The molecule has 102 valence electrons. The minimum Gasteiger partial charge on any atom is -0.351 e. The van der Waals surface area contributed by atoms with E-state index in [1.807, 2.05) is 55.5 Å². The van der Waals surface area contributed by atoms with E-state index in [-0.39, 0.29) is 5.78 Å². The maximum absolute atomic E-state index is 12.6. The Labute approximate surface area is 120 Å². The predicted molar refractivity (Wildman–Crippen MR) is 82.6 cm³/mol. The van der Waals surface area contributed by atoms with Gasteiger partial charge >= 0.3 is 0 Å². The van der Waals surface area contributed by atoms with Crippen LogP contribution in [0, 0.1) is 6.92 Å². The number of hydrogen-bond donors (Lipinski definition) is 2. The summed E-state index contributed by atoms with van der Waals surface area (Å²) in [5.74, 6) is -0.0518. The van der Waals surface area contributed by atoms with Gasteiger partial charge in [-0.15, -0.1) is 0 Å². The van der Waals surface area contributed by atoms with Crippen LogP contribution in [0.3, 0.4) is 0 Å². The Bertz CT molecular complexity index is 961. The first-order valence-corrected chi connectivity index (χ1v) is 6.80. The van der Waals surface area contributed by atoms with E-state index >= 15 is 0 Å². The Hall–Kier alpha value is -2.88. The lowest BCUT2D eigenvalue weighted by Crippen LogP contribution is -2.02. The van der Waals surface area contributed by atoms with E-state index in [0.29, 0.717) is 11.3 Å². The maximum atomic E-state index is 12.6. The van der Waals surface area contributed by atoms with Crippen LogP contribution >= 0.6 is 0 Å². The van der Waals surface area contributed by atoms with Crippen LogP contribution in [0.25, 0.3) is 21.9 Å². The number of carbonyl (C=O) groups excluding carboxylic acids is 1. The summed E-state index contributed by atoms with van der Waals surface area (Å²) in [5.41, 5.74) is 4.85. The van der Waals surface area contributed by atoms with E-state index in [1.54, 1.807) is 0 Å². The average molecular weight is 275 g/mol. The van der Waals surface area contributed by atoms with Crippen molar-refractivity contribution < 1.29 is 4.79 Å². The fraction of sp³-hybridized carbons (Fsp3) is 0.0588. The first-order valence-electron chi connectivity index (χ1n) is 6.80. The van der Waals surface area contributed by atoms with Gasteiger partial charge in [-0.1, -0.05) is 48.0 Å². The number of benzene rings is 2. The number of fused-ring (bicyclic) bond motifs is 3. The summed E-state index contributed by atoms with van der Waals surface area (Å²) in [6, 6.07) is 15.5. The normalized spacial score (nSPS) is 11.3. The van der Waals surface area contributed by atoms with Gasteiger partial charge in [-0.25, -0.2) is 0 Å². The summed E-state index contributed by atoms with van der Waals surface area (Å²) in [7, 11) is 0. The van der Waals surface area contributed by atoms with Crippen molar-refractivity contribution in [3.63, 3.8) is 0 Å².